The number of nitriles is 1. The average molecular weight is 318 g/mol. The van der Waals surface area contributed by atoms with E-state index < -0.39 is 5.97 Å². The van der Waals surface area contributed by atoms with E-state index in [1.807, 2.05) is 37.3 Å². The number of fused-ring (bicyclic) bond motifs is 1. The van der Waals surface area contributed by atoms with Crippen LogP contribution in [0, 0.1) is 18.3 Å². The van der Waals surface area contributed by atoms with Crippen molar-refractivity contribution in [1.82, 2.24) is 4.98 Å². The fourth-order valence-electron chi connectivity index (χ4n) is 2.64. The van der Waals surface area contributed by atoms with Crippen molar-refractivity contribution in [1.29, 1.82) is 5.26 Å². The zero-order valence-corrected chi connectivity index (χ0v) is 13.0. The number of aryl methyl sites for hydroxylation is 1. The minimum absolute atomic E-state index is 0.248. The number of benzene rings is 2. The highest BCUT2D eigenvalue weighted by Gasteiger charge is 2.18. The molecule has 1 N–H and O–H groups in total. The van der Waals surface area contributed by atoms with Gasteiger partial charge in [-0.2, -0.15) is 5.26 Å². The third-order valence-electron chi connectivity index (χ3n) is 3.73. The quantitative estimate of drug-likeness (QED) is 0.590. The summed E-state index contributed by atoms with van der Waals surface area (Å²) in [4.78, 5) is 27.6. The summed E-state index contributed by atoms with van der Waals surface area (Å²) in [6.45, 7) is 1.46. The Balaban J connectivity index is 1.76. The number of ketones is 1. The number of hydrogen-bond donors (Lipinski definition) is 1. The second kappa shape index (κ2) is 6.39. The van der Waals surface area contributed by atoms with Gasteiger partial charge in [-0.3, -0.25) is 4.79 Å². The summed E-state index contributed by atoms with van der Waals surface area (Å²) in [7, 11) is 0. The maximum absolute atomic E-state index is 12.4. The van der Waals surface area contributed by atoms with Gasteiger partial charge in [0, 0.05) is 22.2 Å². The second-order valence-corrected chi connectivity index (χ2v) is 5.36. The molecular formula is C19H14N2O3. The second-order valence-electron chi connectivity index (χ2n) is 5.36. The molecule has 0 amide bonds. The van der Waals surface area contributed by atoms with E-state index in [-0.39, 0.29) is 18.0 Å². The molecule has 1 aromatic heterocycles. The van der Waals surface area contributed by atoms with Gasteiger partial charge in [0.05, 0.1) is 17.2 Å². The Labute approximate surface area is 138 Å². The van der Waals surface area contributed by atoms with Crippen LogP contribution in [0.1, 0.15) is 32.0 Å². The Morgan fingerprint density at radius 1 is 1.17 bits per heavy atom. The molecule has 24 heavy (non-hydrogen) atoms. The van der Waals surface area contributed by atoms with E-state index in [0.29, 0.717) is 11.1 Å². The summed E-state index contributed by atoms with van der Waals surface area (Å²) in [5, 5.41) is 9.67. The number of rotatable bonds is 4. The highest BCUT2D eigenvalue weighted by atomic mass is 16.5. The summed E-state index contributed by atoms with van der Waals surface area (Å²) in [5.41, 5.74) is 2.75. The van der Waals surface area contributed by atoms with E-state index in [4.69, 9.17) is 10.00 Å². The molecule has 5 nitrogen and oxygen atoms in total. The van der Waals surface area contributed by atoms with Gasteiger partial charge in [0.25, 0.3) is 0 Å². The van der Waals surface area contributed by atoms with E-state index >= 15 is 0 Å². The third-order valence-corrected chi connectivity index (χ3v) is 3.73. The van der Waals surface area contributed by atoms with E-state index in [0.717, 1.165) is 16.6 Å². The number of aromatic amines is 1. The van der Waals surface area contributed by atoms with E-state index in [1.165, 1.54) is 6.07 Å². The van der Waals surface area contributed by atoms with Gasteiger partial charge in [-0.05, 0) is 31.2 Å². The summed E-state index contributed by atoms with van der Waals surface area (Å²) in [6, 6.07) is 15.6. The van der Waals surface area contributed by atoms with Gasteiger partial charge in [-0.25, -0.2) is 4.79 Å². The molecule has 0 fully saturated rings. The van der Waals surface area contributed by atoms with Crippen LogP contribution in [-0.4, -0.2) is 23.3 Å². The van der Waals surface area contributed by atoms with Crippen molar-refractivity contribution in [3.05, 3.63) is 70.9 Å². The predicted molar refractivity (Wildman–Crippen MR) is 88.8 cm³/mol. The minimum atomic E-state index is -0.627. The molecule has 118 valence electrons. The van der Waals surface area contributed by atoms with E-state index in [9.17, 15) is 9.59 Å². The largest absolute Gasteiger partial charge is 0.454 e. The predicted octanol–water partition coefficient (Wildman–Crippen LogP) is 3.39. The van der Waals surface area contributed by atoms with Gasteiger partial charge < -0.3 is 9.72 Å². The molecule has 2 aromatic carbocycles. The topological polar surface area (TPSA) is 83.0 Å². The van der Waals surface area contributed by atoms with Crippen molar-refractivity contribution in [3.8, 4) is 6.07 Å². The Kier molecular flexibility index (Phi) is 4.13. The molecule has 0 saturated carbocycles. The van der Waals surface area contributed by atoms with Gasteiger partial charge in [0.2, 0.25) is 5.78 Å². The van der Waals surface area contributed by atoms with Crippen LogP contribution in [0.15, 0.2) is 48.5 Å². The zero-order chi connectivity index (χ0) is 17.1. The SMILES string of the molecule is Cc1[nH]c2ccccc2c1C(=O)COC(=O)c1cccc(C#N)c1. The number of carbonyl (C=O) groups is 2. The van der Waals surface area contributed by atoms with Crippen LogP contribution in [0.4, 0.5) is 0 Å². The molecule has 0 radical (unpaired) electrons. The van der Waals surface area contributed by atoms with Crippen LogP contribution in [-0.2, 0) is 4.74 Å². The van der Waals surface area contributed by atoms with Gasteiger partial charge in [0.15, 0.2) is 6.61 Å². The lowest BCUT2D eigenvalue weighted by molar-refractivity contribution is 0.0475. The molecule has 0 aliphatic rings. The first kappa shape index (κ1) is 15.5. The fraction of sp³-hybridized carbons (Fsp3) is 0.105. The molecule has 3 rings (SSSR count). The first-order chi connectivity index (χ1) is 11.6. The number of hydrogen-bond acceptors (Lipinski definition) is 4. The van der Waals surface area contributed by atoms with Crippen LogP contribution in [0.3, 0.4) is 0 Å². The first-order valence-corrected chi connectivity index (χ1v) is 7.38. The smallest absolute Gasteiger partial charge is 0.338 e. The monoisotopic (exact) mass is 318 g/mol. The summed E-state index contributed by atoms with van der Waals surface area (Å²) in [5.74, 6) is -0.896. The number of nitrogens with one attached hydrogen (secondary N) is 1. The molecule has 1 heterocycles. The molecule has 3 aromatic rings. The van der Waals surface area contributed by atoms with Gasteiger partial charge in [-0.1, -0.05) is 24.3 Å². The fourth-order valence-corrected chi connectivity index (χ4v) is 2.64. The number of esters is 1. The van der Waals surface area contributed by atoms with E-state index in [2.05, 4.69) is 4.98 Å². The van der Waals surface area contributed by atoms with E-state index in [1.54, 1.807) is 18.2 Å². The van der Waals surface area contributed by atoms with Crippen LogP contribution in [0.2, 0.25) is 0 Å². The Bertz CT molecular complexity index is 980. The van der Waals surface area contributed by atoms with Crippen LogP contribution < -0.4 is 0 Å². The van der Waals surface area contributed by atoms with Gasteiger partial charge in [-0.15, -0.1) is 0 Å². The first-order valence-electron chi connectivity index (χ1n) is 7.38. The molecule has 0 atom stereocenters. The molecule has 0 unspecified atom stereocenters. The number of carbonyl (C=O) groups excluding carboxylic acids is 2. The Morgan fingerprint density at radius 2 is 1.96 bits per heavy atom. The maximum Gasteiger partial charge on any atom is 0.338 e. The molecule has 5 heteroatoms. The van der Waals surface area contributed by atoms with Crippen molar-refractivity contribution in [3.63, 3.8) is 0 Å². The number of ether oxygens (including phenoxy) is 1. The molecule has 0 bridgehead atoms. The summed E-state index contributed by atoms with van der Waals surface area (Å²) < 4.78 is 5.11. The summed E-state index contributed by atoms with van der Waals surface area (Å²) in [6.07, 6.45) is 0. The maximum atomic E-state index is 12.4. The molecule has 0 aliphatic carbocycles. The highest BCUT2D eigenvalue weighted by Crippen LogP contribution is 2.22. The van der Waals surface area contributed by atoms with Crippen molar-refractivity contribution < 1.29 is 14.3 Å². The molecule has 0 saturated heterocycles. The zero-order valence-electron chi connectivity index (χ0n) is 13.0. The average Bonchev–Trinajstić information content (AvgIpc) is 2.95. The summed E-state index contributed by atoms with van der Waals surface area (Å²) >= 11 is 0. The number of Topliss-reactive ketones (excluding diaryl/α,β-unsaturated/α-hetero) is 1. The number of nitrogens with zero attached hydrogens (tertiary/aromatic N) is 1. The van der Waals surface area contributed by atoms with Crippen LogP contribution in [0.5, 0.6) is 0 Å². The minimum Gasteiger partial charge on any atom is -0.454 e. The Morgan fingerprint density at radius 3 is 2.75 bits per heavy atom. The normalized spacial score (nSPS) is 10.3. The van der Waals surface area contributed by atoms with Gasteiger partial charge in [0.1, 0.15) is 0 Å². The van der Waals surface area contributed by atoms with Crippen molar-refractivity contribution in [2.24, 2.45) is 0 Å². The number of aromatic nitrogens is 1. The van der Waals surface area contributed by atoms with Crippen LogP contribution in [0.25, 0.3) is 10.9 Å². The van der Waals surface area contributed by atoms with Crippen molar-refractivity contribution in [2.75, 3.05) is 6.61 Å². The lowest BCUT2D eigenvalue weighted by Gasteiger charge is -2.05. The third kappa shape index (κ3) is 2.90. The molecule has 0 aliphatic heterocycles. The lowest BCUT2D eigenvalue weighted by Crippen LogP contribution is -2.15. The van der Waals surface area contributed by atoms with Gasteiger partial charge >= 0.3 is 5.97 Å². The number of para-hydroxylation sites is 1. The Hall–Kier alpha value is -3.39. The number of H-pyrrole nitrogens is 1. The highest BCUT2D eigenvalue weighted by molar-refractivity contribution is 6.10. The molecule has 0 spiro atoms. The van der Waals surface area contributed by atoms with Crippen molar-refractivity contribution in [2.45, 2.75) is 6.92 Å². The lowest BCUT2D eigenvalue weighted by atomic mass is 10.1. The standard InChI is InChI=1S/C19H14N2O3/c1-12-18(15-7-2-3-8-16(15)21-12)17(22)11-24-19(23)14-6-4-5-13(9-14)10-20/h2-9,21H,11H2,1H3. The molecular weight excluding hydrogens is 304 g/mol. The van der Waals surface area contributed by atoms with Crippen molar-refractivity contribution >= 4 is 22.7 Å². The van der Waals surface area contributed by atoms with Crippen LogP contribution >= 0.6 is 0 Å².